The summed E-state index contributed by atoms with van der Waals surface area (Å²) in [6.07, 6.45) is 0. The molecule has 0 aliphatic heterocycles. The van der Waals surface area contributed by atoms with E-state index in [0.29, 0.717) is 12.1 Å². The van der Waals surface area contributed by atoms with Gasteiger partial charge in [0.25, 0.3) is 0 Å². The first-order valence-corrected chi connectivity index (χ1v) is 8.43. The van der Waals surface area contributed by atoms with Gasteiger partial charge in [-0.05, 0) is 37.6 Å². The minimum atomic E-state index is -0.258. The Morgan fingerprint density at radius 2 is 1.88 bits per heavy atom. The molecule has 2 aromatic rings. The Labute approximate surface area is 148 Å². The molecule has 5 heteroatoms. The van der Waals surface area contributed by atoms with Crippen LogP contribution in [-0.2, 0) is 16.1 Å². The molecule has 0 heterocycles. The van der Waals surface area contributed by atoms with Crippen molar-refractivity contribution in [3.8, 4) is 0 Å². The topological polar surface area (TPSA) is 41.6 Å². The molecule has 0 amide bonds. The van der Waals surface area contributed by atoms with Gasteiger partial charge >= 0.3 is 5.97 Å². The minimum absolute atomic E-state index is 0.0874. The molecule has 25 heavy (non-hydrogen) atoms. The summed E-state index contributed by atoms with van der Waals surface area (Å²) in [6, 6.07) is 14.9. The zero-order valence-electron chi connectivity index (χ0n) is 15.0. The van der Waals surface area contributed by atoms with Gasteiger partial charge in [0, 0.05) is 30.4 Å². The van der Waals surface area contributed by atoms with Gasteiger partial charge in [-0.3, -0.25) is 4.79 Å². The summed E-state index contributed by atoms with van der Waals surface area (Å²) in [5.74, 6) is -0.454. The van der Waals surface area contributed by atoms with Gasteiger partial charge in [-0.25, -0.2) is 4.39 Å². The van der Waals surface area contributed by atoms with Crippen LogP contribution < -0.4 is 10.2 Å². The number of hydrogen-bond acceptors (Lipinski definition) is 4. The number of likely N-dealkylation sites (N-methyl/N-ethyl adjacent to an activating group) is 1. The van der Waals surface area contributed by atoms with Gasteiger partial charge in [-0.15, -0.1) is 0 Å². The van der Waals surface area contributed by atoms with E-state index >= 15 is 0 Å². The molecule has 0 fully saturated rings. The number of anilines is 1. The first-order chi connectivity index (χ1) is 12.0. The number of methoxy groups -OCH3 is 1. The largest absolute Gasteiger partial charge is 0.468 e. The van der Waals surface area contributed by atoms with Gasteiger partial charge in [0.15, 0.2) is 0 Å². The quantitative estimate of drug-likeness (QED) is 0.742. The molecule has 0 spiro atoms. The predicted octanol–water partition coefficient (Wildman–Crippen LogP) is 3.68. The second-order valence-corrected chi connectivity index (χ2v) is 5.88. The van der Waals surface area contributed by atoms with E-state index in [1.165, 1.54) is 13.2 Å². The lowest BCUT2D eigenvalue weighted by atomic mass is 10.1. The van der Waals surface area contributed by atoms with E-state index in [9.17, 15) is 9.18 Å². The molecular formula is C20H25FN2O2. The fourth-order valence-corrected chi connectivity index (χ4v) is 2.60. The molecule has 4 nitrogen and oxygen atoms in total. The van der Waals surface area contributed by atoms with Crippen molar-refractivity contribution in [2.75, 3.05) is 25.1 Å². The van der Waals surface area contributed by atoms with Crippen LogP contribution in [0.4, 0.5) is 10.1 Å². The van der Waals surface area contributed by atoms with Crippen LogP contribution in [0.15, 0.2) is 48.5 Å². The number of nitrogens with zero attached hydrogens (tertiary/aromatic N) is 1. The number of esters is 1. The molecule has 2 rings (SSSR count). The molecule has 0 aliphatic carbocycles. The van der Waals surface area contributed by atoms with Crippen molar-refractivity contribution in [3.05, 3.63) is 65.5 Å². The normalized spacial score (nSPS) is 11.8. The first kappa shape index (κ1) is 18.9. The lowest BCUT2D eigenvalue weighted by Crippen LogP contribution is -2.30. The van der Waals surface area contributed by atoms with Crippen molar-refractivity contribution < 1.29 is 13.9 Å². The van der Waals surface area contributed by atoms with Gasteiger partial charge in [0.2, 0.25) is 0 Å². The van der Waals surface area contributed by atoms with Crippen LogP contribution in [0.5, 0.6) is 0 Å². The van der Waals surface area contributed by atoms with Gasteiger partial charge in [-0.2, -0.15) is 0 Å². The second kappa shape index (κ2) is 9.18. The number of carbonyl (C=O) groups excluding carboxylic acids is 1. The van der Waals surface area contributed by atoms with Crippen LogP contribution in [0, 0.1) is 5.82 Å². The smallest absolute Gasteiger partial charge is 0.325 e. The number of carbonyl (C=O) groups is 1. The van der Waals surface area contributed by atoms with E-state index in [-0.39, 0.29) is 24.4 Å². The highest BCUT2D eigenvalue weighted by Gasteiger charge is 2.11. The van der Waals surface area contributed by atoms with E-state index in [2.05, 4.69) is 5.32 Å². The van der Waals surface area contributed by atoms with Crippen molar-refractivity contribution in [2.24, 2.45) is 0 Å². The molecule has 1 atom stereocenters. The Kier molecular flexibility index (Phi) is 6.95. The van der Waals surface area contributed by atoms with Gasteiger partial charge in [0.1, 0.15) is 12.4 Å². The Hall–Kier alpha value is -2.40. The molecule has 2 aromatic carbocycles. The summed E-state index contributed by atoms with van der Waals surface area (Å²) in [5, 5.41) is 3.33. The van der Waals surface area contributed by atoms with E-state index in [1.807, 2.05) is 49.1 Å². The first-order valence-electron chi connectivity index (χ1n) is 8.43. The molecular weight excluding hydrogens is 319 g/mol. The molecule has 1 unspecified atom stereocenters. The highest BCUT2D eigenvalue weighted by Crippen LogP contribution is 2.20. The Bertz CT molecular complexity index is 688. The zero-order chi connectivity index (χ0) is 18.2. The van der Waals surface area contributed by atoms with Crippen LogP contribution in [0.1, 0.15) is 31.0 Å². The summed E-state index contributed by atoms with van der Waals surface area (Å²) in [4.78, 5) is 13.4. The SMILES string of the molecule is CCN(CC(=O)OC)c1ccc(C(C)NCc2ccccc2F)cc1. The van der Waals surface area contributed by atoms with E-state index < -0.39 is 0 Å². The van der Waals surface area contributed by atoms with E-state index in [4.69, 9.17) is 4.74 Å². The number of ether oxygens (including phenoxy) is 1. The van der Waals surface area contributed by atoms with E-state index in [1.54, 1.807) is 12.1 Å². The maximum atomic E-state index is 13.7. The van der Waals surface area contributed by atoms with Gasteiger partial charge in [-0.1, -0.05) is 30.3 Å². The maximum absolute atomic E-state index is 13.7. The van der Waals surface area contributed by atoms with Crippen molar-refractivity contribution in [2.45, 2.75) is 26.4 Å². The third-order valence-electron chi connectivity index (χ3n) is 4.24. The average Bonchev–Trinajstić information content (AvgIpc) is 2.65. The van der Waals surface area contributed by atoms with Crippen molar-refractivity contribution in [1.29, 1.82) is 0 Å². The molecule has 0 aliphatic rings. The molecule has 0 radical (unpaired) electrons. The van der Waals surface area contributed by atoms with Crippen molar-refractivity contribution in [1.82, 2.24) is 5.32 Å². The number of rotatable bonds is 8. The summed E-state index contributed by atoms with van der Waals surface area (Å²) < 4.78 is 18.4. The molecule has 0 bridgehead atoms. The molecule has 134 valence electrons. The van der Waals surface area contributed by atoms with Crippen LogP contribution in [0.2, 0.25) is 0 Å². The Balaban J connectivity index is 1.98. The summed E-state index contributed by atoms with van der Waals surface area (Å²) in [7, 11) is 1.39. The predicted molar refractivity (Wildman–Crippen MR) is 98.0 cm³/mol. The maximum Gasteiger partial charge on any atom is 0.325 e. The molecule has 0 saturated heterocycles. The van der Waals surface area contributed by atoms with Crippen LogP contribution in [0.25, 0.3) is 0 Å². The third-order valence-corrected chi connectivity index (χ3v) is 4.24. The highest BCUT2D eigenvalue weighted by atomic mass is 19.1. The second-order valence-electron chi connectivity index (χ2n) is 5.88. The number of benzene rings is 2. The summed E-state index contributed by atoms with van der Waals surface area (Å²) >= 11 is 0. The summed E-state index contributed by atoms with van der Waals surface area (Å²) in [6.45, 7) is 5.46. The monoisotopic (exact) mass is 344 g/mol. The van der Waals surface area contributed by atoms with Gasteiger partial charge in [0.05, 0.1) is 7.11 Å². The number of halogens is 1. The van der Waals surface area contributed by atoms with Crippen molar-refractivity contribution in [3.63, 3.8) is 0 Å². The standard InChI is InChI=1S/C20H25FN2O2/c1-4-23(14-20(24)25-3)18-11-9-16(10-12-18)15(2)22-13-17-7-5-6-8-19(17)21/h5-12,15,22H,4,13-14H2,1-3H3. The zero-order valence-corrected chi connectivity index (χ0v) is 15.0. The highest BCUT2D eigenvalue weighted by molar-refractivity contribution is 5.75. The Morgan fingerprint density at radius 3 is 2.48 bits per heavy atom. The number of nitrogens with one attached hydrogen (secondary N) is 1. The van der Waals surface area contributed by atoms with Crippen molar-refractivity contribution >= 4 is 11.7 Å². The third kappa shape index (κ3) is 5.29. The lowest BCUT2D eigenvalue weighted by molar-refractivity contribution is -0.138. The van der Waals surface area contributed by atoms with Gasteiger partial charge < -0.3 is 15.0 Å². The van der Waals surface area contributed by atoms with E-state index in [0.717, 1.165) is 17.8 Å². The lowest BCUT2D eigenvalue weighted by Gasteiger charge is -2.22. The summed E-state index contributed by atoms with van der Waals surface area (Å²) in [5.41, 5.74) is 2.73. The minimum Gasteiger partial charge on any atom is -0.468 e. The van der Waals surface area contributed by atoms with Crippen LogP contribution in [0.3, 0.4) is 0 Å². The number of hydrogen-bond donors (Lipinski definition) is 1. The molecule has 1 N–H and O–H groups in total. The molecule has 0 aromatic heterocycles. The van der Waals surface area contributed by atoms with Crippen LogP contribution in [-0.4, -0.2) is 26.2 Å². The Morgan fingerprint density at radius 1 is 1.20 bits per heavy atom. The fourth-order valence-electron chi connectivity index (χ4n) is 2.60. The molecule has 0 saturated carbocycles. The average molecular weight is 344 g/mol. The van der Waals surface area contributed by atoms with Crippen LogP contribution >= 0.6 is 0 Å². The fraction of sp³-hybridized carbons (Fsp3) is 0.350.